The molecule has 0 radical (unpaired) electrons. The Kier molecular flexibility index (Phi) is 8.16. The molecule has 12 nitrogen and oxygen atoms in total. The first kappa shape index (κ1) is 28.3. The van der Waals surface area contributed by atoms with Gasteiger partial charge >= 0.3 is 10.1 Å². The van der Waals surface area contributed by atoms with E-state index in [1.54, 1.807) is 0 Å². The average molecular weight is 588 g/mol. The second kappa shape index (κ2) is 11.5. The molecule has 1 aliphatic heterocycles. The summed E-state index contributed by atoms with van der Waals surface area (Å²) in [5.74, 6) is -2.25. The molecule has 0 aliphatic carbocycles. The van der Waals surface area contributed by atoms with E-state index in [9.17, 15) is 37.3 Å². The smallest absolute Gasteiger partial charge is 0.346 e. The lowest BCUT2D eigenvalue weighted by molar-refractivity contribution is -0.387. The zero-order valence-corrected chi connectivity index (χ0v) is 22.0. The monoisotopic (exact) mass is 587 g/mol. The fourth-order valence-electron chi connectivity index (χ4n) is 3.49. The van der Waals surface area contributed by atoms with Gasteiger partial charge in [0.1, 0.15) is 12.4 Å². The lowest BCUT2D eigenvalue weighted by atomic mass is 10.2. The van der Waals surface area contributed by atoms with Gasteiger partial charge in [0, 0.05) is 11.8 Å². The lowest BCUT2D eigenvalue weighted by Crippen LogP contribution is -2.36. The van der Waals surface area contributed by atoms with Crippen LogP contribution in [0, 0.1) is 15.9 Å². The number of imide groups is 1. The van der Waals surface area contributed by atoms with Crippen molar-refractivity contribution in [2.45, 2.75) is 4.90 Å². The summed E-state index contributed by atoms with van der Waals surface area (Å²) in [6.07, 6.45) is 1.34. The molecule has 1 fully saturated rings. The Morgan fingerprint density at radius 1 is 1.10 bits per heavy atom. The highest BCUT2D eigenvalue weighted by atomic mass is 32.2. The second-order valence-corrected chi connectivity index (χ2v) is 10.5. The normalized spacial score (nSPS) is 14.3. The molecule has 3 aromatic rings. The Balaban J connectivity index is 1.50. The van der Waals surface area contributed by atoms with Crippen molar-refractivity contribution in [3.05, 3.63) is 93.1 Å². The van der Waals surface area contributed by atoms with Gasteiger partial charge in [-0.1, -0.05) is 18.2 Å². The van der Waals surface area contributed by atoms with Crippen molar-refractivity contribution < 1.29 is 41.0 Å². The molecule has 1 aliphatic rings. The number of thioether (sulfide) groups is 1. The quantitative estimate of drug-likeness (QED) is 0.166. The largest absolute Gasteiger partial charge is 0.493 e. The van der Waals surface area contributed by atoms with Gasteiger partial charge in [0.15, 0.2) is 16.4 Å². The van der Waals surface area contributed by atoms with E-state index in [2.05, 4.69) is 5.32 Å². The van der Waals surface area contributed by atoms with Crippen LogP contribution in [-0.2, 0) is 19.7 Å². The van der Waals surface area contributed by atoms with E-state index in [1.165, 1.54) is 55.7 Å². The van der Waals surface area contributed by atoms with E-state index in [0.29, 0.717) is 17.3 Å². The Labute approximate surface area is 230 Å². The zero-order valence-electron chi connectivity index (χ0n) is 20.4. The molecule has 1 saturated heterocycles. The fourth-order valence-corrected chi connectivity index (χ4v) is 5.44. The topological polar surface area (TPSA) is 162 Å². The zero-order chi connectivity index (χ0) is 29.0. The lowest BCUT2D eigenvalue weighted by Gasteiger charge is -2.12. The maximum Gasteiger partial charge on any atom is 0.346 e. The molecule has 0 atom stereocenters. The number of methoxy groups -OCH3 is 1. The second-order valence-electron chi connectivity index (χ2n) is 8.00. The highest BCUT2D eigenvalue weighted by molar-refractivity contribution is 8.18. The molecule has 206 valence electrons. The number of nitro groups is 1. The number of benzene rings is 3. The van der Waals surface area contributed by atoms with Crippen LogP contribution >= 0.6 is 11.8 Å². The number of para-hydroxylation sites is 1. The number of rotatable bonds is 9. The number of carbonyl (C=O) groups excluding carboxylic acids is 3. The van der Waals surface area contributed by atoms with Crippen molar-refractivity contribution in [2.75, 3.05) is 19.0 Å². The van der Waals surface area contributed by atoms with Gasteiger partial charge in [0.05, 0.1) is 16.9 Å². The highest BCUT2D eigenvalue weighted by Crippen LogP contribution is 2.36. The minimum atomic E-state index is -4.62. The fraction of sp³-hybridized carbons (Fsp3) is 0.0800. The number of amides is 3. The number of anilines is 1. The SMILES string of the molecule is COc1cc(/C=C2\SC(=O)N(CC(=O)Nc3ccc(F)cc3)C2=O)ccc1OS(=O)(=O)c1ccccc1[N+](=O)[O-]. The summed E-state index contributed by atoms with van der Waals surface area (Å²) in [7, 11) is -3.39. The van der Waals surface area contributed by atoms with Crippen LogP contribution in [0.3, 0.4) is 0 Å². The Morgan fingerprint density at radius 2 is 1.80 bits per heavy atom. The minimum absolute atomic E-state index is 0.0113. The molecular weight excluding hydrogens is 569 g/mol. The number of nitrogens with one attached hydrogen (secondary N) is 1. The molecule has 1 heterocycles. The van der Waals surface area contributed by atoms with E-state index >= 15 is 0 Å². The first-order chi connectivity index (χ1) is 19.0. The number of carbonyl (C=O) groups is 3. The van der Waals surface area contributed by atoms with Gasteiger partial charge in [0.2, 0.25) is 5.91 Å². The number of hydrogen-bond acceptors (Lipinski definition) is 10. The predicted molar refractivity (Wildman–Crippen MR) is 142 cm³/mol. The summed E-state index contributed by atoms with van der Waals surface area (Å²) in [5, 5.41) is 13.0. The first-order valence-corrected chi connectivity index (χ1v) is 13.4. The molecule has 0 saturated carbocycles. The molecule has 0 bridgehead atoms. The summed E-state index contributed by atoms with van der Waals surface area (Å²) in [6, 6.07) is 13.5. The van der Waals surface area contributed by atoms with E-state index in [4.69, 9.17) is 8.92 Å². The molecule has 3 aromatic carbocycles. The number of halogens is 1. The summed E-state index contributed by atoms with van der Waals surface area (Å²) in [4.78, 5) is 48.0. The first-order valence-electron chi connectivity index (χ1n) is 11.2. The molecule has 0 spiro atoms. The maximum atomic E-state index is 13.0. The summed E-state index contributed by atoms with van der Waals surface area (Å²) in [5.41, 5.74) is -0.0547. The molecule has 1 N–H and O–H groups in total. The van der Waals surface area contributed by atoms with Crippen LogP contribution in [-0.4, -0.2) is 48.9 Å². The van der Waals surface area contributed by atoms with Gasteiger partial charge < -0.3 is 14.2 Å². The molecule has 40 heavy (non-hydrogen) atoms. The maximum absolute atomic E-state index is 13.0. The van der Waals surface area contributed by atoms with E-state index in [0.717, 1.165) is 29.2 Å². The van der Waals surface area contributed by atoms with Gasteiger partial charge in [-0.05, 0) is 65.9 Å². The minimum Gasteiger partial charge on any atom is -0.493 e. The molecule has 4 rings (SSSR count). The standard InChI is InChI=1S/C25H18FN3O9S2/c1-37-20-12-15(6-11-19(20)38-40(35,36)22-5-3-2-4-18(22)29(33)34)13-21-24(31)28(25(32)39-21)14-23(30)27-17-9-7-16(26)8-10-17/h2-13H,14H2,1H3,(H,27,30)/b21-13-. The number of hydrogen-bond donors (Lipinski definition) is 1. The van der Waals surface area contributed by atoms with Crippen molar-refractivity contribution in [2.24, 2.45) is 0 Å². The summed E-state index contributed by atoms with van der Waals surface area (Å²) >= 11 is 0.593. The van der Waals surface area contributed by atoms with Crippen LogP contribution in [0.5, 0.6) is 11.5 Å². The Bertz CT molecular complexity index is 1660. The molecule has 3 amide bonds. The van der Waals surface area contributed by atoms with Crippen LogP contribution in [0.15, 0.2) is 76.5 Å². The molecule has 0 aromatic heterocycles. The third-order valence-electron chi connectivity index (χ3n) is 5.32. The number of nitro benzene ring substituents is 1. The van der Waals surface area contributed by atoms with Crippen molar-refractivity contribution in [3.63, 3.8) is 0 Å². The van der Waals surface area contributed by atoms with Crippen LogP contribution in [0.2, 0.25) is 0 Å². The van der Waals surface area contributed by atoms with Crippen molar-refractivity contribution in [3.8, 4) is 11.5 Å². The van der Waals surface area contributed by atoms with Gasteiger partial charge in [-0.25, -0.2) is 4.39 Å². The van der Waals surface area contributed by atoms with E-state index in [1.807, 2.05) is 0 Å². The number of ether oxygens (including phenoxy) is 1. The average Bonchev–Trinajstić information content (AvgIpc) is 3.17. The van der Waals surface area contributed by atoms with Crippen LogP contribution in [0.25, 0.3) is 6.08 Å². The van der Waals surface area contributed by atoms with Gasteiger partial charge in [-0.2, -0.15) is 8.42 Å². The third-order valence-corrected chi connectivity index (χ3v) is 7.51. The van der Waals surface area contributed by atoms with E-state index < -0.39 is 55.0 Å². The third kappa shape index (κ3) is 6.27. The van der Waals surface area contributed by atoms with Crippen molar-refractivity contribution >= 4 is 56.4 Å². The predicted octanol–water partition coefficient (Wildman–Crippen LogP) is 4.19. The van der Waals surface area contributed by atoms with E-state index in [-0.39, 0.29) is 22.1 Å². The van der Waals surface area contributed by atoms with Crippen LogP contribution in [0.4, 0.5) is 20.6 Å². The molecular formula is C25H18FN3O9S2. The van der Waals surface area contributed by atoms with Crippen LogP contribution in [0.1, 0.15) is 5.56 Å². The van der Waals surface area contributed by atoms with Crippen molar-refractivity contribution in [1.82, 2.24) is 4.90 Å². The highest BCUT2D eigenvalue weighted by Gasteiger charge is 2.36. The van der Waals surface area contributed by atoms with Gasteiger partial charge in [-0.15, -0.1) is 0 Å². The Morgan fingerprint density at radius 3 is 2.48 bits per heavy atom. The molecule has 0 unspecified atom stereocenters. The van der Waals surface area contributed by atoms with Crippen molar-refractivity contribution in [1.29, 1.82) is 0 Å². The van der Waals surface area contributed by atoms with Gasteiger partial charge in [0.25, 0.3) is 16.8 Å². The molecule has 15 heteroatoms. The Hall–Kier alpha value is -4.76. The summed E-state index contributed by atoms with van der Waals surface area (Å²) in [6.45, 7) is -0.570. The number of nitrogens with zero attached hydrogens (tertiary/aromatic N) is 2. The summed E-state index contributed by atoms with van der Waals surface area (Å²) < 4.78 is 48.9. The van der Waals surface area contributed by atoms with Gasteiger partial charge in [-0.3, -0.25) is 29.4 Å². The van der Waals surface area contributed by atoms with Crippen LogP contribution < -0.4 is 14.2 Å².